The quantitative estimate of drug-likeness (QED) is 0.854. The minimum absolute atomic E-state index is 0.266. The summed E-state index contributed by atoms with van der Waals surface area (Å²) < 4.78 is 7.21. The number of morpholine rings is 1. The van der Waals surface area contributed by atoms with E-state index in [4.69, 9.17) is 10.00 Å². The predicted molar refractivity (Wildman–Crippen MR) is 79.1 cm³/mol. The summed E-state index contributed by atoms with van der Waals surface area (Å²) in [5.74, 6) is 0.157. The van der Waals surface area contributed by atoms with Crippen LogP contribution in [-0.2, 0) is 9.53 Å². The van der Waals surface area contributed by atoms with Crippen LogP contribution in [0.4, 0.5) is 5.82 Å². The van der Waals surface area contributed by atoms with Gasteiger partial charge in [-0.15, -0.1) is 0 Å². The third-order valence-corrected chi connectivity index (χ3v) is 3.39. The molecule has 1 N–H and O–H groups in total. The van der Waals surface area contributed by atoms with Gasteiger partial charge >= 0.3 is 0 Å². The van der Waals surface area contributed by atoms with Gasteiger partial charge in [-0.05, 0) is 12.1 Å². The van der Waals surface area contributed by atoms with Crippen molar-refractivity contribution in [2.75, 3.05) is 25.0 Å². The number of rotatable bonds is 3. The number of benzene rings is 1. The minimum atomic E-state index is -0.657. The number of carbonyl (C=O) groups excluding carboxylic acids is 1. The van der Waals surface area contributed by atoms with Gasteiger partial charge in [-0.1, -0.05) is 18.2 Å². The standard InChI is InChI=1S/C15H15N5O2/c16-10-19-6-7-22-13(8-19)15(21)18-14-9-20(11-17-14)12-4-2-1-3-5-12/h1-5,9,11,13H,6-8H2,(H,18,21). The summed E-state index contributed by atoms with van der Waals surface area (Å²) in [6.07, 6.45) is 4.74. The first-order chi connectivity index (χ1) is 10.8. The maximum absolute atomic E-state index is 12.2. The smallest absolute Gasteiger partial charge is 0.256 e. The number of ether oxygens (including phenoxy) is 1. The van der Waals surface area contributed by atoms with E-state index in [2.05, 4.69) is 10.3 Å². The van der Waals surface area contributed by atoms with Crippen molar-refractivity contribution in [2.45, 2.75) is 6.10 Å². The summed E-state index contributed by atoms with van der Waals surface area (Å²) in [7, 11) is 0. The van der Waals surface area contributed by atoms with Crippen molar-refractivity contribution in [3.63, 3.8) is 0 Å². The summed E-state index contributed by atoms with van der Waals surface area (Å²) in [6, 6.07) is 9.69. The van der Waals surface area contributed by atoms with E-state index in [0.717, 1.165) is 5.69 Å². The van der Waals surface area contributed by atoms with Crippen molar-refractivity contribution in [3.05, 3.63) is 42.9 Å². The van der Waals surface area contributed by atoms with Crippen molar-refractivity contribution >= 4 is 11.7 Å². The molecule has 1 atom stereocenters. The number of aromatic nitrogens is 2. The molecule has 1 aromatic carbocycles. The Morgan fingerprint density at radius 3 is 3.00 bits per heavy atom. The zero-order chi connectivity index (χ0) is 15.4. The van der Waals surface area contributed by atoms with Gasteiger partial charge in [0.2, 0.25) is 0 Å². The highest BCUT2D eigenvalue weighted by molar-refractivity contribution is 5.93. The third kappa shape index (κ3) is 3.07. The van der Waals surface area contributed by atoms with Gasteiger partial charge in [-0.3, -0.25) is 4.79 Å². The van der Waals surface area contributed by atoms with E-state index in [-0.39, 0.29) is 12.5 Å². The van der Waals surface area contributed by atoms with Crippen LogP contribution in [0.1, 0.15) is 0 Å². The molecule has 3 rings (SSSR count). The van der Waals surface area contributed by atoms with Crippen molar-refractivity contribution in [2.24, 2.45) is 0 Å². The van der Waals surface area contributed by atoms with Crippen LogP contribution in [0, 0.1) is 11.5 Å². The van der Waals surface area contributed by atoms with E-state index in [1.165, 1.54) is 4.90 Å². The van der Waals surface area contributed by atoms with Crippen molar-refractivity contribution in [3.8, 4) is 11.9 Å². The topological polar surface area (TPSA) is 83.2 Å². The molecule has 2 aromatic rings. The molecule has 0 saturated carbocycles. The van der Waals surface area contributed by atoms with E-state index >= 15 is 0 Å². The second kappa shape index (κ2) is 6.28. The van der Waals surface area contributed by atoms with E-state index in [9.17, 15) is 4.79 Å². The number of hydrogen-bond acceptors (Lipinski definition) is 5. The number of para-hydroxylation sites is 1. The van der Waals surface area contributed by atoms with Crippen molar-refractivity contribution in [1.82, 2.24) is 14.5 Å². The van der Waals surface area contributed by atoms with Crippen LogP contribution in [0.2, 0.25) is 0 Å². The lowest BCUT2D eigenvalue weighted by Gasteiger charge is -2.27. The highest BCUT2D eigenvalue weighted by Gasteiger charge is 2.26. The number of carbonyl (C=O) groups is 1. The van der Waals surface area contributed by atoms with Gasteiger partial charge in [-0.25, -0.2) is 4.98 Å². The van der Waals surface area contributed by atoms with E-state index in [0.29, 0.717) is 19.0 Å². The maximum Gasteiger partial charge on any atom is 0.256 e. The van der Waals surface area contributed by atoms with Crippen LogP contribution in [0.3, 0.4) is 0 Å². The molecule has 112 valence electrons. The molecule has 0 radical (unpaired) electrons. The first-order valence-electron chi connectivity index (χ1n) is 6.93. The molecule has 7 heteroatoms. The molecule has 0 spiro atoms. The number of nitrogens with one attached hydrogen (secondary N) is 1. The first kappa shape index (κ1) is 14.1. The van der Waals surface area contributed by atoms with Crippen LogP contribution >= 0.6 is 0 Å². The predicted octanol–water partition coefficient (Wildman–Crippen LogP) is 0.993. The third-order valence-electron chi connectivity index (χ3n) is 3.39. The molecule has 0 bridgehead atoms. The molecule has 1 amide bonds. The van der Waals surface area contributed by atoms with Gasteiger partial charge in [0.15, 0.2) is 18.1 Å². The zero-order valence-corrected chi connectivity index (χ0v) is 11.8. The lowest BCUT2D eigenvalue weighted by atomic mass is 10.2. The van der Waals surface area contributed by atoms with Gasteiger partial charge in [0, 0.05) is 5.69 Å². The van der Waals surface area contributed by atoms with E-state index in [1.54, 1.807) is 12.5 Å². The summed E-state index contributed by atoms with van der Waals surface area (Å²) in [4.78, 5) is 17.8. The number of imidazole rings is 1. The Hall–Kier alpha value is -2.85. The van der Waals surface area contributed by atoms with Crippen LogP contribution in [0.25, 0.3) is 5.69 Å². The van der Waals surface area contributed by atoms with E-state index < -0.39 is 6.10 Å². The van der Waals surface area contributed by atoms with Crippen LogP contribution in [-0.4, -0.2) is 46.2 Å². The van der Waals surface area contributed by atoms with Gasteiger partial charge < -0.3 is 19.5 Å². The van der Waals surface area contributed by atoms with Gasteiger partial charge in [0.25, 0.3) is 5.91 Å². The second-order valence-corrected chi connectivity index (χ2v) is 4.90. The van der Waals surface area contributed by atoms with Gasteiger partial charge in [0.1, 0.15) is 6.33 Å². The molecule has 1 aromatic heterocycles. The zero-order valence-electron chi connectivity index (χ0n) is 11.8. The second-order valence-electron chi connectivity index (χ2n) is 4.90. The fraction of sp³-hybridized carbons (Fsp3) is 0.267. The summed E-state index contributed by atoms with van der Waals surface area (Å²) >= 11 is 0. The molecule has 7 nitrogen and oxygen atoms in total. The number of nitrogens with zero attached hydrogens (tertiary/aromatic N) is 4. The van der Waals surface area contributed by atoms with E-state index in [1.807, 2.05) is 41.1 Å². The lowest BCUT2D eigenvalue weighted by molar-refractivity contribution is -0.131. The fourth-order valence-electron chi connectivity index (χ4n) is 2.23. The minimum Gasteiger partial charge on any atom is -0.365 e. The van der Waals surface area contributed by atoms with Crippen LogP contribution in [0.5, 0.6) is 0 Å². The van der Waals surface area contributed by atoms with Crippen LogP contribution in [0.15, 0.2) is 42.9 Å². The Morgan fingerprint density at radius 2 is 2.23 bits per heavy atom. The maximum atomic E-state index is 12.2. The Labute approximate surface area is 127 Å². The SMILES string of the molecule is N#CN1CCOC(C(=O)Nc2cn(-c3ccccc3)cn2)C1. The molecule has 1 unspecified atom stereocenters. The Balaban J connectivity index is 1.65. The Kier molecular flexibility index (Phi) is 4.03. The molecule has 2 heterocycles. The average Bonchev–Trinajstić information content (AvgIpc) is 3.04. The summed E-state index contributed by atoms with van der Waals surface area (Å²) in [6.45, 7) is 1.15. The van der Waals surface area contributed by atoms with Crippen molar-refractivity contribution < 1.29 is 9.53 Å². The highest BCUT2D eigenvalue weighted by Crippen LogP contribution is 2.12. The van der Waals surface area contributed by atoms with Gasteiger partial charge in [0.05, 0.1) is 25.9 Å². The lowest BCUT2D eigenvalue weighted by Crippen LogP contribution is -2.46. The summed E-state index contributed by atoms with van der Waals surface area (Å²) in [5.41, 5.74) is 0.958. The molecule has 22 heavy (non-hydrogen) atoms. The number of hydrogen-bond donors (Lipinski definition) is 1. The monoisotopic (exact) mass is 297 g/mol. The molecule has 0 aliphatic carbocycles. The summed E-state index contributed by atoms with van der Waals surface area (Å²) in [5, 5.41) is 11.6. The van der Waals surface area contributed by atoms with Crippen LogP contribution < -0.4 is 5.32 Å². The fourth-order valence-corrected chi connectivity index (χ4v) is 2.23. The Bertz CT molecular complexity index is 691. The molecular weight excluding hydrogens is 282 g/mol. The molecule has 1 aliphatic rings. The molecule has 1 saturated heterocycles. The number of nitriles is 1. The average molecular weight is 297 g/mol. The highest BCUT2D eigenvalue weighted by atomic mass is 16.5. The molecule has 1 aliphatic heterocycles. The molecule has 1 fully saturated rings. The van der Waals surface area contributed by atoms with Gasteiger partial charge in [-0.2, -0.15) is 5.26 Å². The molecular formula is C15H15N5O2. The first-order valence-corrected chi connectivity index (χ1v) is 6.93. The number of anilines is 1. The normalized spacial score (nSPS) is 17.8. The largest absolute Gasteiger partial charge is 0.365 e. The number of amides is 1. The van der Waals surface area contributed by atoms with Crippen molar-refractivity contribution in [1.29, 1.82) is 5.26 Å². The Morgan fingerprint density at radius 1 is 1.41 bits per heavy atom.